The Labute approximate surface area is 184 Å². The highest BCUT2D eigenvalue weighted by molar-refractivity contribution is 5.08. The van der Waals surface area contributed by atoms with Gasteiger partial charge in [0.1, 0.15) is 0 Å². The van der Waals surface area contributed by atoms with Gasteiger partial charge in [0.05, 0.1) is 0 Å². The van der Waals surface area contributed by atoms with E-state index in [2.05, 4.69) is 71.6 Å². The minimum Gasteiger partial charge on any atom is -0.103 e. The zero-order valence-electron chi connectivity index (χ0n) is 20.9. The van der Waals surface area contributed by atoms with Crippen LogP contribution in [0.4, 0.5) is 0 Å². The molecule has 0 aromatic rings. The molecule has 4 unspecified atom stereocenters. The highest BCUT2D eigenvalue weighted by Gasteiger charge is 2.26. The first kappa shape index (κ1) is 26.3. The van der Waals surface area contributed by atoms with Crippen LogP contribution in [0.25, 0.3) is 0 Å². The second-order valence-electron chi connectivity index (χ2n) is 10.6. The quantitative estimate of drug-likeness (QED) is 0.356. The Morgan fingerprint density at radius 1 is 0.966 bits per heavy atom. The molecule has 0 spiro atoms. The van der Waals surface area contributed by atoms with Crippen LogP contribution in [0.5, 0.6) is 0 Å². The third-order valence-electron chi connectivity index (χ3n) is 7.61. The molecule has 1 fully saturated rings. The van der Waals surface area contributed by atoms with E-state index >= 15 is 0 Å². The van der Waals surface area contributed by atoms with Crippen molar-refractivity contribution in [3.63, 3.8) is 0 Å². The SMILES string of the molecule is C=CC(C)C(CC)CC1CCC(C/C=C\C2C=CC(C(C)(C)C)CC2)CC1.CC. The molecular weight excluding hydrogens is 348 g/mol. The first-order valence-electron chi connectivity index (χ1n) is 12.8. The summed E-state index contributed by atoms with van der Waals surface area (Å²) in [4.78, 5) is 0. The van der Waals surface area contributed by atoms with Gasteiger partial charge in [-0.15, -0.1) is 6.58 Å². The first-order valence-corrected chi connectivity index (χ1v) is 12.8. The van der Waals surface area contributed by atoms with Crippen molar-refractivity contribution in [1.82, 2.24) is 0 Å². The molecule has 0 aromatic heterocycles. The molecular formula is C29H52. The summed E-state index contributed by atoms with van der Waals surface area (Å²) in [6.45, 7) is 19.8. The van der Waals surface area contributed by atoms with E-state index < -0.39 is 0 Å². The van der Waals surface area contributed by atoms with Crippen molar-refractivity contribution in [3.8, 4) is 0 Å². The van der Waals surface area contributed by atoms with Crippen LogP contribution >= 0.6 is 0 Å². The molecule has 2 aliphatic rings. The number of hydrogen-bond acceptors (Lipinski definition) is 0. The monoisotopic (exact) mass is 400 g/mol. The Hall–Kier alpha value is -0.780. The van der Waals surface area contributed by atoms with Crippen molar-refractivity contribution in [3.05, 3.63) is 37.0 Å². The highest BCUT2D eigenvalue weighted by Crippen LogP contribution is 2.38. The maximum absolute atomic E-state index is 4.01. The maximum atomic E-state index is 4.01. The zero-order chi connectivity index (χ0) is 21.9. The normalized spacial score (nSPS) is 29.8. The number of hydrogen-bond donors (Lipinski definition) is 0. The van der Waals surface area contributed by atoms with Crippen molar-refractivity contribution in [2.75, 3.05) is 0 Å². The molecule has 0 nitrogen and oxygen atoms in total. The largest absolute Gasteiger partial charge is 0.103 e. The Balaban J connectivity index is 0.00000204. The van der Waals surface area contributed by atoms with Gasteiger partial charge < -0.3 is 0 Å². The van der Waals surface area contributed by atoms with Crippen molar-refractivity contribution in [2.45, 2.75) is 106 Å². The lowest BCUT2D eigenvalue weighted by atomic mass is 9.73. The van der Waals surface area contributed by atoms with Crippen LogP contribution in [0, 0.1) is 40.9 Å². The van der Waals surface area contributed by atoms with E-state index in [1.807, 2.05) is 13.8 Å². The Kier molecular flexibility index (Phi) is 12.2. The van der Waals surface area contributed by atoms with Crippen LogP contribution in [0.2, 0.25) is 0 Å². The second-order valence-corrected chi connectivity index (χ2v) is 10.6. The van der Waals surface area contributed by atoms with Crippen LogP contribution in [0.15, 0.2) is 37.0 Å². The molecule has 0 amide bonds. The van der Waals surface area contributed by atoms with Gasteiger partial charge in [-0.25, -0.2) is 0 Å². The Morgan fingerprint density at radius 3 is 2.07 bits per heavy atom. The van der Waals surface area contributed by atoms with Crippen LogP contribution in [0.3, 0.4) is 0 Å². The summed E-state index contributed by atoms with van der Waals surface area (Å²) < 4.78 is 0. The lowest BCUT2D eigenvalue weighted by molar-refractivity contribution is 0.217. The van der Waals surface area contributed by atoms with Gasteiger partial charge in [-0.05, 0) is 79.4 Å². The summed E-state index contributed by atoms with van der Waals surface area (Å²) in [5, 5.41) is 0. The van der Waals surface area contributed by atoms with Gasteiger partial charge in [0.25, 0.3) is 0 Å². The van der Waals surface area contributed by atoms with Gasteiger partial charge in [0, 0.05) is 0 Å². The van der Waals surface area contributed by atoms with Crippen LogP contribution < -0.4 is 0 Å². The van der Waals surface area contributed by atoms with E-state index in [9.17, 15) is 0 Å². The fourth-order valence-electron chi connectivity index (χ4n) is 5.25. The van der Waals surface area contributed by atoms with Crippen molar-refractivity contribution >= 4 is 0 Å². The molecule has 2 aliphatic carbocycles. The third-order valence-corrected chi connectivity index (χ3v) is 7.61. The first-order chi connectivity index (χ1) is 13.8. The van der Waals surface area contributed by atoms with Gasteiger partial charge >= 0.3 is 0 Å². The Bertz CT molecular complexity index is 481. The topological polar surface area (TPSA) is 0 Å². The molecule has 168 valence electrons. The molecule has 0 aromatic carbocycles. The Morgan fingerprint density at radius 2 is 1.59 bits per heavy atom. The predicted octanol–water partition coefficient (Wildman–Crippen LogP) is 9.63. The molecule has 0 heterocycles. The average Bonchev–Trinajstić information content (AvgIpc) is 2.73. The minimum atomic E-state index is 0.421. The summed E-state index contributed by atoms with van der Waals surface area (Å²) in [6, 6.07) is 0. The van der Waals surface area contributed by atoms with Crippen LogP contribution in [-0.4, -0.2) is 0 Å². The lowest BCUT2D eigenvalue weighted by Crippen LogP contribution is -2.21. The van der Waals surface area contributed by atoms with Gasteiger partial charge in [0.15, 0.2) is 0 Å². The fourth-order valence-corrected chi connectivity index (χ4v) is 5.25. The molecule has 0 bridgehead atoms. The second kappa shape index (κ2) is 13.5. The van der Waals surface area contributed by atoms with Crippen molar-refractivity contribution < 1.29 is 0 Å². The standard InChI is InChI=1S/C27H46.C2H6/c1-7-21(3)25(8-2)20-24-14-12-22(13-15-24)10-9-11-23-16-18-26(19-17-23)27(4,5)6;1-2/h7,9,11,16,18,21-26H,1,8,10,12-15,17,19-20H2,2-6H3;1-2H3/b11-9-;. The molecule has 29 heavy (non-hydrogen) atoms. The lowest BCUT2D eigenvalue weighted by Gasteiger charge is -2.32. The van der Waals surface area contributed by atoms with E-state index in [4.69, 9.17) is 0 Å². The predicted molar refractivity (Wildman–Crippen MR) is 133 cm³/mol. The smallest absolute Gasteiger partial charge is 0.00532 e. The summed E-state index contributed by atoms with van der Waals surface area (Å²) in [5.41, 5.74) is 0.421. The van der Waals surface area contributed by atoms with E-state index in [0.29, 0.717) is 17.3 Å². The molecule has 0 radical (unpaired) electrons. The van der Waals surface area contributed by atoms with E-state index in [1.54, 1.807) is 0 Å². The van der Waals surface area contributed by atoms with E-state index in [1.165, 1.54) is 57.8 Å². The number of rotatable bonds is 8. The summed E-state index contributed by atoms with van der Waals surface area (Å²) in [5.74, 6) is 4.87. The van der Waals surface area contributed by atoms with Gasteiger partial charge in [-0.2, -0.15) is 0 Å². The summed E-state index contributed by atoms with van der Waals surface area (Å²) >= 11 is 0. The molecule has 1 saturated carbocycles. The fraction of sp³-hybridized carbons (Fsp3) is 0.793. The zero-order valence-corrected chi connectivity index (χ0v) is 20.9. The number of allylic oxidation sites excluding steroid dienone is 5. The molecule has 0 saturated heterocycles. The summed E-state index contributed by atoms with van der Waals surface area (Å²) in [7, 11) is 0. The van der Waals surface area contributed by atoms with E-state index in [0.717, 1.165) is 23.7 Å². The highest BCUT2D eigenvalue weighted by atomic mass is 14.3. The molecule has 0 aliphatic heterocycles. The van der Waals surface area contributed by atoms with Crippen molar-refractivity contribution in [1.29, 1.82) is 0 Å². The average molecular weight is 401 g/mol. The van der Waals surface area contributed by atoms with E-state index in [-0.39, 0.29) is 0 Å². The van der Waals surface area contributed by atoms with Crippen LogP contribution in [-0.2, 0) is 0 Å². The van der Waals surface area contributed by atoms with Gasteiger partial charge in [-0.1, -0.05) is 98.1 Å². The van der Waals surface area contributed by atoms with Crippen molar-refractivity contribution in [2.24, 2.45) is 40.9 Å². The summed E-state index contributed by atoms with van der Waals surface area (Å²) in [6.07, 6.45) is 24.6. The molecule has 0 heteroatoms. The van der Waals surface area contributed by atoms with Gasteiger partial charge in [-0.3, -0.25) is 0 Å². The minimum absolute atomic E-state index is 0.421. The van der Waals surface area contributed by atoms with Gasteiger partial charge in [0.2, 0.25) is 0 Å². The maximum Gasteiger partial charge on any atom is -0.00532 e. The molecule has 4 atom stereocenters. The van der Waals surface area contributed by atoms with Crippen LogP contribution in [0.1, 0.15) is 106 Å². The third kappa shape index (κ3) is 9.27. The molecule has 0 N–H and O–H groups in total. The molecule has 2 rings (SSSR count).